The monoisotopic (exact) mass is 265 g/mol. The highest BCUT2D eigenvalue weighted by molar-refractivity contribution is 6.14. The predicted octanol–water partition coefficient (Wildman–Crippen LogP) is 3.57. The van der Waals surface area contributed by atoms with Crippen LogP contribution in [-0.4, -0.2) is 11.7 Å². The van der Waals surface area contributed by atoms with E-state index in [9.17, 15) is 4.79 Å². The van der Waals surface area contributed by atoms with E-state index in [-0.39, 0.29) is 12.4 Å². The molecule has 0 aromatic heterocycles. The quantitative estimate of drug-likeness (QED) is 0.796. The van der Waals surface area contributed by atoms with Crippen molar-refractivity contribution < 1.29 is 9.63 Å². The largest absolute Gasteiger partial charge is 0.341 e. The maximum Gasteiger partial charge on any atom is 0.341 e. The first-order chi connectivity index (χ1) is 9.78. The van der Waals surface area contributed by atoms with Crippen molar-refractivity contribution in [2.75, 3.05) is 0 Å². The molecular formula is C17H15NO2. The smallest absolute Gasteiger partial charge is 0.318 e. The molecule has 0 aliphatic carbocycles. The summed E-state index contributed by atoms with van der Waals surface area (Å²) >= 11 is 0. The second-order valence-corrected chi connectivity index (χ2v) is 4.77. The lowest BCUT2D eigenvalue weighted by Crippen LogP contribution is -2.02. The summed E-state index contributed by atoms with van der Waals surface area (Å²) in [6, 6.07) is 16.4. The van der Waals surface area contributed by atoms with Crippen LogP contribution in [0.5, 0.6) is 0 Å². The molecule has 20 heavy (non-hydrogen) atoms. The molecule has 0 atom stereocenters. The topological polar surface area (TPSA) is 38.7 Å². The Kier molecular flexibility index (Phi) is 3.33. The number of oxime groups is 1. The van der Waals surface area contributed by atoms with E-state index in [1.165, 1.54) is 5.56 Å². The number of hydrogen-bond donors (Lipinski definition) is 0. The molecule has 2 aromatic carbocycles. The zero-order valence-electron chi connectivity index (χ0n) is 11.3. The van der Waals surface area contributed by atoms with Crippen molar-refractivity contribution in [3.63, 3.8) is 0 Å². The van der Waals surface area contributed by atoms with Gasteiger partial charge in [-0.1, -0.05) is 60.6 Å². The minimum Gasteiger partial charge on any atom is -0.318 e. The van der Waals surface area contributed by atoms with E-state index in [0.717, 1.165) is 23.1 Å². The van der Waals surface area contributed by atoms with Gasteiger partial charge in [0.25, 0.3) is 0 Å². The van der Waals surface area contributed by atoms with Crippen molar-refractivity contribution in [1.82, 2.24) is 0 Å². The van der Waals surface area contributed by atoms with Gasteiger partial charge in [0.15, 0.2) is 0 Å². The van der Waals surface area contributed by atoms with Crippen LogP contribution in [0, 0.1) is 0 Å². The first-order valence-electron chi connectivity index (χ1n) is 6.73. The Morgan fingerprint density at radius 1 is 1.05 bits per heavy atom. The summed E-state index contributed by atoms with van der Waals surface area (Å²) in [4.78, 5) is 15.9. The van der Waals surface area contributed by atoms with Crippen LogP contribution in [0.25, 0.3) is 11.1 Å². The highest BCUT2D eigenvalue weighted by Gasteiger charge is 2.21. The minimum absolute atomic E-state index is 0.240. The van der Waals surface area contributed by atoms with Crippen LogP contribution in [0.1, 0.15) is 24.5 Å². The van der Waals surface area contributed by atoms with Gasteiger partial charge in [-0.2, -0.15) is 0 Å². The summed E-state index contributed by atoms with van der Waals surface area (Å²) in [5.41, 5.74) is 5.17. The second-order valence-electron chi connectivity index (χ2n) is 4.77. The fourth-order valence-corrected chi connectivity index (χ4v) is 2.36. The fraction of sp³-hybridized carbons (Fsp3) is 0.176. The van der Waals surface area contributed by atoms with E-state index in [2.05, 4.69) is 36.3 Å². The van der Waals surface area contributed by atoms with Gasteiger partial charge in [0, 0.05) is 5.56 Å². The molecule has 1 aliphatic heterocycles. The molecule has 100 valence electrons. The Labute approximate surface area is 117 Å². The lowest BCUT2D eigenvalue weighted by Gasteiger charge is -2.09. The number of benzene rings is 2. The van der Waals surface area contributed by atoms with Crippen molar-refractivity contribution in [2.45, 2.75) is 19.8 Å². The molecular weight excluding hydrogens is 250 g/mol. The van der Waals surface area contributed by atoms with Crippen LogP contribution in [0.3, 0.4) is 0 Å². The summed E-state index contributed by atoms with van der Waals surface area (Å²) in [6.07, 6.45) is 1.26. The van der Waals surface area contributed by atoms with Gasteiger partial charge in [0.2, 0.25) is 0 Å². The molecule has 3 rings (SSSR count). The summed E-state index contributed by atoms with van der Waals surface area (Å²) in [5, 5.41) is 3.87. The Hall–Kier alpha value is -2.42. The first-order valence-corrected chi connectivity index (χ1v) is 6.73. The number of carbonyl (C=O) groups is 1. The van der Waals surface area contributed by atoms with E-state index < -0.39 is 0 Å². The second kappa shape index (κ2) is 5.29. The van der Waals surface area contributed by atoms with Crippen molar-refractivity contribution in [1.29, 1.82) is 0 Å². The van der Waals surface area contributed by atoms with Gasteiger partial charge in [0.05, 0.1) is 12.1 Å². The Morgan fingerprint density at radius 2 is 1.75 bits per heavy atom. The van der Waals surface area contributed by atoms with Crippen molar-refractivity contribution >= 4 is 11.7 Å². The van der Waals surface area contributed by atoms with Gasteiger partial charge >= 0.3 is 5.97 Å². The number of hydrogen-bond acceptors (Lipinski definition) is 3. The van der Waals surface area contributed by atoms with Gasteiger partial charge in [-0.15, -0.1) is 0 Å². The normalized spacial score (nSPS) is 14.1. The molecule has 3 nitrogen and oxygen atoms in total. The van der Waals surface area contributed by atoms with Crippen molar-refractivity contribution in [3.05, 3.63) is 59.7 Å². The molecule has 0 unspecified atom stereocenters. The first kappa shape index (κ1) is 12.6. The minimum atomic E-state index is -0.295. The van der Waals surface area contributed by atoms with Crippen LogP contribution in [0.15, 0.2) is 53.7 Å². The molecule has 3 heteroatoms. The van der Waals surface area contributed by atoms with E-state index in [1.807, 2.05) is 24.3 Å². The van der Waals surface area contributed by atoms with Crippen LogP contribution in [-0.2, 0) is 16.1 Å². The zero-order chi connectivity index (χ0) is 13.9. The van der Waals surface area contributed by atoms with Gasteiger partial charge in [-0.25, -0.2) is 4.79 Å². The number of carbonyl (C=O) groups excluding carboxylic acids is 1. The molecule has 0 fully saturated rings. The lowest BCUT2D eigenvalue weighted by atomic mass is 9.95. The van der Waals surface area contributed by atoms with Crippen LogP contribution in [0.4, 0.5) is 0 Å². The number of rotatable bonds is 3. The Morgan fingerprint density at radius 3 is 2.35 bits per heavy atom. The third kappa shape index (κ3) is 2.35. The molecule has 0 saturated carbocycles. The maximum absolute atomic E-state index is 11.2. The molecule has 0 bridgehead atoms. The molecule has 1 aliphatic rings. The van der Waals surface area contributed by atoms with Crippen LogP contribution >= 0.6 is 0 Å². The average molecular weight is 265 g/mol. The molecule has 2 aromatic rings. The van der Waals surface area contributed by atoms with Crippen LogP contribution < -0.4 is 0 Å². The Balaban J connectivity index is 2.03. The standard InChI is InChI=1S/C17H15NO2/c1-2-12-7-9-13(10-8-12)14-5-3-4-6-15(14)16-11-17(19)20-18-16/h3-10H,2,11H2,1H3. The highest BCUT2D eigenvalue weighted by atomic mass is 16.7. The van der Waals surface area contributed by atoms with E-state index >= 15 is 0 Å². The highest BCUT2D eigenvalue weighted by Crippen LogP contribution is 2.27. The SMILES string of the molecule is CCc1ccc(-c2ccccc2C2=NOC(=O)C2)cc1. The number of nitrogens with zero attached hydrogens (tertiary/aromatic N) is 1. The van der Waals surface area contributed by atoms with Crippen molar-refractivity contribution in [3.8, 4) is 11.1 Å². The molecule has 1 heterocycles. The third-order valence-corrected chi connectivity index (χ3v) is 3.48. The van der Waals surface area contributed by atoms with Gasteiger partial charge in [0.1, 0.15) is 0 Å². The maximum atomic E-state index is 11.2. The molecule has 0 N–H and O–H groups in total. The molecule has 0 spiro atoms. The summed E-state index contributed by atoms with van der Waals surface area (Å²) in [6.45, 7) is 2.14. The van der Waals surface area contributed by atoms with Gasteiger partial charge in [-0.3, -0.25) is 0 Å². The van der Waals surface area contributed by atoms with Gasteiger partial charge in [-0.05, 0) is 23.1 Å². The average Bonchev–Trinajstić information content (AvgIpc) is 2.94. The lowest BCUT2D eigenvalue weighted by molar-refractivity contribution is -0.140. The predicted molar refractivity (Wildman–Crippen MR) is 78.5 cm³/mol. The number of aryl methyl sites for hydroxylation is 1. The summed E-state index contributed by atoms with van der Waals surface area (Å²) in [5.74, 6) is -0.295. The summed E-state index contributed by atoms with van der Waals surface area (Å²) in [7, 11) is 0. The molecule has 0 radical (unpaired) electrons. The molecule has 0 amide bonds. The van der Waals surface area contributed by atoms with E-state index in [0.29, 0.717) is 5.71 Å². The zero-order valence-corrected chi connectivity index (χ0v) is 11.3. The Bertz CT molecular complexity index is 672. The van der Waals surface area contributed by atoms with Gasteiger partial charge < -0.3 is 4.84 Å². The molecule has 0 saturated heterocycles. The van der Waals surface area contributed by atoms with E-state index in [4.69, 9.17) is 4.84 Å². The van der Waals surface area contributed by atoms with Crippen molar-refractivity contribution in [2.24, 2.45) is 5.16 Å². The fourth-order valence-electron chi connectivity index (χ4n) is 2.36. The van der Waals surface area contributed by atoms with E-state index in [1.54, 1.807) is 0 Å². The summed E-state index contributed by atoms with van der Waals surface area (Å²) < 4.78 is 0. The third-order valence-electron chi connectivity index (χ3n) is 3.48. The van der Waals surface area contributed by atoms with Crippen LogP contribution in [0.2, 0.25) is 0 Å².